The number of carboxylic acid groups (broad SMARTS) is 1. The van der Waals surface area contributed by atoms with Gasteiger partial charge in [-0.1, -0.05) is 0 Å². The Hall–Kier alpha value is -1.79. The molecule has 0 saturated heterocycles. The standard InChI is InChI=1S/C7H4F3NO3/c8-2-1-3(12)5(7(13)14)11-4(2)6(9)10/h1,6,12H,(H,13,14). The summed E-state index contributed by atoms with van der Waals surface area (Å²) in [4.78, 5) is 13.1. The normalized spacial score (nSPS) is 10.6. The van der Waals surface area contributed by atoms with Gasteiger partial charge in [-0.05, 0) is 0 Å². The van der Waals surface area contributed by atoms with Gasteiger partial charge in [0.25, 0.3) is 6.43 Å². The minimum absolute atomic E-state index is 0.290. The third-order valence-corrected chi connectivity index (χ3v) is 1.39. The molecule has 0 aliphatic heterocycles. The summed E-state index contributed by atoms with van der Waals surface area (Å²) in [6.45, 7) is 0. The molecule has 0 fully saturated rings. The number of aromatic nitrogens is 1. The molecule has 0 atom stereocenters. The SMILES string of the molecule is O=C(O)c1nc(C(F)F)c(F)cc1O. The number of carboxylic acids is 1. The maximum Gasteiger partial charge on any atom is 0.358 e. The van der Waals surface area contributed by atoms with Crippen LogP contribution in [0.5, 0.6) is 5.75 Å². The van der Waals surface area contributed by atoms with Gasteiger partial charge >= 0.3 is 5.97 Å². The van der Waals surface area contributed by atoms with Crippen molar-refractivity contribution >= 4 is 5.97 Å². The van der Waals surface area contributed by atoms with Crippen LogP contribution >= 0.6 is 0 Å². The number of nitrogens with zero attached hydrogens (tertiary/aromatic N) is 1. The van der Waals surface area contributed by atoms with Crippen LogP contribution in [-0.4, -0.2) is 21.2 Å². The van der Waals surface area contributed by atoms with Crippen molar-refractivity contribution in [1.82, 2.24) is 4.98 Å². The lowest BCUT2D eigenvalue weighted by Gasteiger charge is -2.03. The Morgan fingerprint density at radius 2 is 2.07 bits per heavy atom. The van der Waals surface area contributed by atoms with Crippen LogP contribution in [-0.2, 0) is 0 Å². The second-order valence-electron chi connectivity index (χ2n) is 2.33. The lowest BCUT2D eigenvalue weighted by atomic mass is 10.2. The average Bonchev–Trinajstić information content (AvgIpc) is 2.02. The van der Waals surface area contributed by atoms with E-state index >= 15 is 0 Å². The minimum Gasteiger partial charge on any atom is -0.505 e. The van der Waals surface area contributed by atoms with Crippen LogP contribution < -0.4 is 0 Å². The monoisotopic (exact) mass is 207 g/mol. The van der Waals surface area contributed by atoms with Crippen LogP contribution in [0.2, 0.25) is 0 Å². The van der Waals surface area contributed by atoms with Gasteiger partial charge in [-0.3, -0.25) is 0 Å². The zero-order chi connectivity index (χ0) is 10.9. The Balaban J connectivity index is 3.34. The van der Waals surface area contributed by atoms with Gasteiger partial charge in [-0.15, -0.1) is 0 Å². The highest BCUT2D eigenvalue weighted by molar-refractivity contribution is 5.88. The van der Waals surface area contributed by atoms with Crippen LogP contribution in [0.4, 0.5) is 13.2 Å². The molecule has 1 aromatic heterocycles. The molecule has 4 nitrogen and oxygen atoms in total. The van der Waals surface area contributed by atoms with E-state index in [-0.39, 0.29) is 6.07 Å². The fourth-order valence-electron chi connectivity index (χ4n) is 0.804. The van der Waals surface area contributed by atoms with E-state index in [2.05, 4.69) is 4.98 Å². The second-order valence-corrected chi connectivity index (χ2v) is 2.33. The van der Waals surface area contributed by atoms with Crippen molar-refractivity contribution in [3.63, 3.8) is 0 Å². The van der Waals surface area contributed by atoms with Crippen LogP contribution in [0.15, 0.2) is 6.07 Å². The van der Waals surface area contributed by atoms with Crippen molar-refractivity contribution in [1.29, 1.82) is 0 Å². The third-order valence-electron chi connectivity index (χ3n) is 1.39. The van der Waals surface area contributed by atoms with E-state index < -0.39 is 35.3 Å². The number of hydrogen-bond acceptors (Lipinski definition) is 3. The van der Waals surface area contributed by atoms with Crippen molar-refractivity contribution < 1.29 is 28.2 Å². The van der Waals surface area contributed by atoms with Gasteiger partial charge < -0.3 is 10.2 Å². The molecule has 0 bridgehead atoms. The molecule has 1 aromatic rings. The van der Waals surface area contributed by atoms with Gasteiger partial charge in [0.1, 0.15) is 5.69 Å². The molecule has 0 saturated carbocycles. The molecule has 0 aliphatic rings. The smallest absolute Gasteiger partial charge is 0.358 e. The Morgan fingerprint density at radius 3 is 2.50 bits per heavy atom. The Bertz CT molecular complexity index is 381. The van der Waals surface area contributed by atoms with Crippen LogP contribution in [0.1, 0.15) is 22.6 Å². The molecule has 1 heterocycles. The first kappa shape index (κ1) is 10.3. The first-order chi connectivity index (χ1) is 6.43. The molecule has 14 heavy (non-hydrogen) atoms. The molecule has 0 spiro atoms. The second kappa shape index (κ2) is 3.52. The van der Waals surface area contributed by atoms with E-state index in [9.17, 15) is 18.0 Å². The predicted octanol–water partition coefficient (Wildman–Crippen LogP) is 1.56. The first-order valence-corrected chi connectivity index (χ1v) is 3.34. The fourth-order valence-corrected chi connectivity index (χ4v) is 0.804. The predicted molar refractivity (Wildman–Crippen MR) is 37.8 cm³/mol. The molecular formula is C7H4F3NO3. The van der Waals surface area contributed by atoms with Crippen molar-refractivity contribution in [3.8, 4) is 5.75 Å². The van der Waals surface area contributed by atoms with Crippen LogP contribution in [0.25, 0.3) is 0 Å². The maximum atomic E-state index is 12.6. The number of halogens is 3. The van der Waals surface area contributed by atoms with Crippen LogP contribution in [0, 0.1) is 5.82 Å². The number of carbonyl (C=O) groups is 1. The molecule has 0 amide bonds. The molecule has 1 rings (SSSR count). The zero-order valence-electron chi connectivity index (χ0n) is 6.54. The molecule has 7 heteroatoms. The van der Waals surface area contributed by atoms with Gasteiger partial charge in [0.2, 0.25) is 0 Å². The lowest BCUT2D eigenvalue weighted by molar-refractivity contribution is 0.0684. The summed E-state index contributed by atoms with van der Waals surface area (Å²) >= 11 is 0. The molecule has 0 radical (unpaired) electrons. The fraction of sp³-hybridized carbons (Fsp3) is 0.143. The number of aromatic hydroxyl groups is 1. The van der Waals surface area contributed by atoms with Gasteiger partial charge in [-0.25, -0.2) is 22.9 Å². The molecule has 0 unspecified atom stereocenters. The van der Waals surface area contributed by atoms with Crippen molar-refractivity contribution in [2.75, 3.05) is 0 Å². The number of pyridine rings is 1. The summed E-state index contributed by atoms with van der Waals surface area (Å²) in [7, 11) is 0. The number of hydrogen-bond donors (Lipinski definition) is 2. The van der Waals surface area contributed by atoms with E-state index in [0.29, 0.717) is 0 Å². The first-order valence-electron chi connectivity index (χ1n) is 3.34. The highest BCUT2D eigenvalue weighted by atomic mass is 19.3. The number of rotatable bonds is 2. The topological polar surface area (TPSA) is 70.4 Å². The zero-order valence-corrected chi connectivity index (χ0v) is 6.54. The summed E-state index contributed by atoms with van der Waals surface area (Å²) in [6.07, 6.45) is -3.23. The molecule has 2 N–H and O–H groups in total. The third kappa shape index (κ3) is 1.76. The maximum absolute atomic E-state index is 12.6. The Labute approximate surface area is 75.6 Å². The van der Waals surface area contributed by atoms with Crippen LogP contribution in [0.3, 0.4) is 0 Å². The Morgan fingerprint density at radius 1 is 1.50 bits per heavy atom. The quantitative estimate of drug-likeness (QED) is 0.771. The van der Waals surface area contributed by atoms with E-state index in [0.717, 1.165) is 0 Å². The molecule has 0 aromatic carbocycles. The summed E-state index contributed by atoms with van der Waals surface area (Å²) in [5.74, 6) is -4.13. The average molecular weight is 207 g/mol. The van der Waals surface area contributed by atoms with Gasteiger partial charge in [-0.2, -0.15) is 0 Å². The molecular weight excluding hydrogens is 203 g/mol. The van der Waals surface area contributed by atoms with E-state index in [1.165, 1.54) is 0 Å². The summed E-state index contributed by atoms with van der Waals surface area (Å²) < 4.78 is 36.7. The van der Waals surface area contributed by atoms with E-state index in [1.807, 2.05) is 0 Å². The molecule has 0 aliphatic carbocycles. The summed E-state index contributed by atoms with van der Waals surface area (Å²) in [6, 6.07) is 0.290. The Kier molecular flexibility index (Phi) is 2.59. The summed E-state index contributed by atoms with van der Waals surface area (Å²) in [5.41, 5.74) is -2.29. The van der Waals surface area contributed by atoms with Gasteiger partial charge in [0.05, 0.1) is 0 Å². The van der Waals surface area contributed by atoms with E-state index in [4.69, 9.17) is 10.2 Å². The highest BCUT2D eigenvalue weighted by Crippen LogP contribution is 2.25. The van der Waals surface area contributed by atoms with Gasteiger partial charge in [0.15, 0.2) is 17.3 Å². The summed E-state index contributed by atoms with van der Waals surface area (Å²) in [5, 5.41) is 17.2. The lowest BCUT2D eigenvalue weighted by Crippen LogP contribution is -2.06. The van der Waals surface area contributed by atoms with E-state index in [1.54, 1.807) is 0 Å². The molecule has 76 valence electrons. The van der Waals surface area contributed by atoms with Gasteiger partial charge in [0, 0.05) is 6.07 Å². The minimum atomic E-state index is -3.23. The highest BCUT2D eigenvalue weighted by Gasteiger charge is 2.21. The van der Waals surface area contributed by atoms with Crippen molar-refractivity contribution in [2.45, 2.75) is 6.43 Å². The largest absolute Gasteiger partial charge is 0.505 e. The number of alkyl halides is 2. The van der Waals surface area contributed by atoms with Crippen molar-refractivity contribution in [3.05, 3.63) is 23.3 Å². The van der Waals surface area contributed by atoms with Crippen molar-refractivity contribution in [2.24, 2.45) is 0 Å². The number of aromatic carboxylic acids is 1.